The number of hydrogen-bond acceptors (Lipinski definition) is 3. The van der Waals surface area contributed by atoms with Gasteiger partial charge in [-0.3, -0.25) is 9.78 Å². The molecule has 5 heteroatoms. The average Bonchev–Trinajstić information content (AvgIpc) is 2.53. The van der Waals surface area contributed by atoms with Crippen molar-refractivity contribution in [2.45, 2.75) is 12.5 Å². The molecule has 2 rings (SSSR count). The molecule has 2 aromatic rings. The van der Waals surface area contributed by atoms with Crippen LogP contribution >= 0.6 is 0 Å². The summed E-state index contributed by atoms with van der Waals surface area (Å²) in [5, 5.41) is 2.72. The van der Waals surface area contributed by atoms with E-state index in [2.05, 4.69) is 10.3 Å². The van der Waals surface area contributed by atoms with Gasteiger partial charge in [-0.1, -0.05) is 24.3 Å². The predicted molar refractivity (Wildman–Crippen MR) is 77.3 cm³/mol. The van der Waals surface area contributed by atoms with Crippen molar-refractivity contribution in [3.8, 4) is 0 Å². The molecule has 0 saturated heterocycles. The number of aromatic nitrogens is 1. The minimum Gasteiger partial charge on any atom is -0.372 e. The van der Waals surface area contributed by atoms with Gasteiger partial charge in [-0.15, -0.1) is 0 Å². The van der Waals surface area contributed by atoms with E-state index < -0.39 is 5.60 Å². The number of amides is 1. The highest BCUT2D eigenvalue weighted by atomic mass is 19.1. The number of hydrogen-bond donors (Lipinski definition) is 1. The summed E-state index contributed by atoms with van der Waals surface area (Å²) in [7, 11) is 1.49. The molecule has 21 heavy (non-hydrogen) atoms. The fraction of sp³-hybridized carbons (Fsp3) is 0.250. The normalized spacial score (nSPS) is 13.5. The highest BCUT2D eigenvalue weighted by molar-refractivity contribution is 5.92. The van der Waals surface area contributed by atoms with Crippen LogP contribution in [0.2, 0.25) is 0 Å². The first kappa shape index (κ1) is 15.1. The lowest BCUT2D eigenvalue weighted by Crippen LogP contribution is -2.40. The van der Waals surface area contributed by atoms with Gasteiger partial charge in [0, 0.05) is 18.9 Å². The topological polar surface area (TPSA) is 51.2 Å². The van der Waals surface area contributed by atoms with Gasteiger partial charge in [0.25, 0.3) is 5.91 Å². The quantitative estimate of drug-likeness (QED) is 0.919. The predicted octanol–water partition coefficient (Wildman–Crippen LogP) is 2.51. The van der Waals surface area contributed by atoms with Crippen LogP contribution in [0, 0.1) is 5.82 Å². The standard InChI is InChI=1S/C16H17FN2O2/c1-16(21-2,12-7-3-4-8-13(12)17)11-19-15(20)14-9-5-6-10-18-14/h3-10H,11H2,1-2H3,(H,19,20). The van der Waals surface area contributed by atoms with Gasteiger partial charge in [-0.2, -0.15) is 0 Å². The largest absolute Gasteiger partial charge is 0.372 e. The maximum absolute atomic E-state index is 13.9. The Balaban J connectivity index is 2.13. The molecule has 0 bridgehead atoms. The van der Waals surface area contributed by atoms with Crippen LogP contribution in [0.4, 0.5) is 4.39 Å². The molecule has 0 aliphatic rings. The smallest absolute Gasteiger partial charge is 0.269 e. The van der Waals surface area contributed by atoms with Crippen molar-refractivity contribution in [3.63, 3.8) is 0 Å². The Bertz CT molecular complexity index is 619. The van der Waals surface area contributed by atoms with Crippen LogP contribution in [0.5, 0.6) is 0 Å². The van der Waals surface area contributed by atoms with Crippen molar-refractivity contribution in [3.05, 3.63) is 65.7 Å². The third kappa shape index (κ3) is 3.44. The van der Waals surface area contributed by atoms with Gasteiger partial charge in [0.15, 0.2) is 0 Å². The second kappa shape index (κ2) is 6.45. The number of nitrogens with one attached hydrogen (secondary N) is 1. The molecule has 0 aliphatic heterocycles. The summed E-state index contributed by atoms with van der Waals surface area (Å²) < 4.78 is 19.3. The fourth-order valence-electron chi connectivity index (χ4n) is 2.00. The molecule has 4 nitrogen and oxygen atoms in total. The molecule has 0 spiro atoms. The molecular weight excluding hydrogens is 271 g/mol. The number of carbonyl (C=O) groups excluding carboxylic acids is 1. The fourth-order valence-corrected chi connectivity index (χ4v) is 2.00. The van der Waals surface area contributed by atoms with Gasteiger partial charge in [-0.25, -0.2) is 4.39 Å². The zero-order chi connectivity index (χ0) is 15.3. The Morgan fingerprint density at radius 3 is 2.62 bits per heavy atom. The van der Waals surface area contributed by atoms with Crippen molar-refractivity contribution >= 4 is 5.91 Å². The number of carbonyl (C=O) groups is 1. The van der Waals surface area contributed by atoms with Gasteiger partial charge in [0.1, 0.15) is 17.1 Å². The first-order chi connectivity index (χ1) is 10.1. The van der Waals surface area contributed by atoms with Crippen molar-refractivity contribution in [1.82, 2.24) is 10.3 Å². The summed E-state index contributed by atoms with van der Waals surface area (Å²) in [6.07, 6.45) is 1.54. The van der Waals surface area contributed by atoms with E-state index in [1.54, 1.807) is 49.5 Å². The first-order valence-electron chi connectivity index (χ1n) is 6.56. The summed E-state index contributed by atoms with van der Waals surface area (Å²) in [5.74, 6) is -0.691. The maximum Gasteiger partial charge on any atom is 0.269 e. The van der Waals surface area contributed by atoms with Crippen LogP contribution in [-0.4, -0.2) is 24.5 Å². The summed E-state index contributed by atoms with van der Waals surface area (Å²) >= 11 is 0. The van der Waals surface area contributed by atoms with E-state index in [4.69, 9.17) is 4.74 Å². The number of rotatable bonds is 5. The first-order valence-corrected chi connectivity index (χ1v) is 6.56. The van der Waals surface area contributed by atoms with Gasteiger partial charge >= 0.3 is 0 Å². The van der Waals surface area contributed by atoms with E-state index in [0.29, 0.717) is 11.3 Å². The van der Waals surface area contributed by atoms with Gasteiger partial charge in [0.2, 0.25) is 0 Å². The van der Waals surface area contributed by atoms with Crippen LogP contribution in [0.1, 0.15) is 23.0 Å². The zero-order valence-corrected chi connectivity index (χ0v) is 12.0. The highest BCUT2D eigenvalue weighted by Gasteiger charge is 2.29. The zero-order valence-electron chi connectivity index (χ0n) is 12.0. The average molecular weight is 288 g/mol. The van der Waals surface area contributed by atoms with Crippen molar-refractivity contribution in [1.29, 1.82) is 0 Å². The number of nitrogens with zero attached hydrogens (tertiary/aromatic N) is 1. The molecule has 1 aromatic carbocycles. The second-order valence-corrected chi connectivity index (χ2v) is 4.81. The lowest BCUT2D eigenvalue weighted by atomic mass is 9.95. The highest BCUT2D eigenvalue weighted by Crippen LogP contribution is 2.26. The number of methoxy groups -OCH3 is 1. The molecule has 1 amide bonds. The Hall–Kier alpha value is -2.27. The number of ether oxygens (including phenoxy) is 1. The summed E-state index contributed by atoms with van der Waals surface area (Å²) in [4.78, 5) is 16.0. The molecule has 0 saturated carbocycles. The van der Waals surface area contributed by atoms with Crippen LogP contribution in [0.3, 0.4) is 0 Å². The SMILES string of the molecule is COC(C)(CNC(=O)c1ccccn1)c1ccccc1F. The van der Waals surface area contributed by atoms with Crippen molar-refractivity contribution in [2.24, 2.45) is 0 Å². The Morgan fingerprint density at radius 2 is 2.00 bits per heavy atom. The monoisotopic (exact) mass is 288 g/mol. The molecular formula is C16H17FN2O2. The number of benzene rings is 1. The van der Waals surface area contributed by atoms with E-state index in [-0.39, 0.29) is 18.3 Å². The van der Waals surface area contributed by atoms with E-state index in [0.717, 1.165) is 0 Å². The molecule has 0 aliphatic carbocycles. The molecule has 1 unspecified atom stereocenters. The van der Waals surface area contributed by atoms with E-state index in [1.807, 2.05) is 0 Å². The van der Waals surface area contributed by atoms with Gasteiger partial charge < -0.3 is 10.1 Å². The van der Waals surface area contributed by atoms with Crippen LogP contribution in [0.15, 0.2) is 48.7 Å². The van der Waals surface area contributed by atoms with Gasteiger partial charge in [-0.05, 0) is 25.1 Å². The molecule has 0 fully saturated rings. The molecule has 110 valence electrons. The van der Waals surface area contributed by atoms with Crippen LogP contribution in [-0.2, 0) is 10.3 Å². The Morgan fingerprint density at radius 1 is 1.29 bits per heavy atom. The van der Waals surface area contributed by atoms with Crippen molar-refractivity contribution in [2.75, 3.05) is 13.7 Å². The summed E-state index contributed by atoms with van der Waals surface area (Å²) in [5.41, 5.74) is -0.242. The van der Waals surface area contributed by atoms with Crippen LogP contribution < -0.4 is 5.32 Å². The molecule has 1 N–H and O–H groups in total. The van der Waals surface area contributed by atoms with Gasteiger partial charge in [0.05, 0.1) is 6.54 Å². The third-order valence-electron chi connectivity index (χ3n) is 3.38. The van der Waals surface area contributed by atoms with Crippen molar-refractivity contribution < 1.29 is 13.9 Å². The minimum absolute atomic E-state index is 0.139. The van der Waals surface area contributed by atoms with E-state index in [1.165, 1.54) is 13.2 Å². The third-order valence-corrected chi connectivity index (χ3v) is 3.38. The van der Waals surface area contributed by atoms with E-state index in [9.17, 15) is 9.18 Å². The molecule has 0 radical (unpaired) electrons. The second-order valence-electron chi connectivity index (χ2n) is 4.81. The number of halogens is 1. The van der Waals surface area contributed by atoms with E-state index >= 15 is 0 Å². The van der Waals surface area contributed by atoms with Crippen LogP contribution in [0.25, 0.3) is 0 Å². The molecule has 1 heterocycles. The Kier molecular flexibility index (Phi) is 4.65. The lowest BCUT2D eigenvalue weighted by molar-refractivity contribution is 0.000349. The Labute approximate surface area is 123 Å². The summed E-state index contributed by atoms with van der Waals surface area (Å²) in [6.45, 7) is 1.87. The number of pyridine rings is 1. The maximum atomic E-state index is 13.9. The molecule has 1 aromatic heterocycles. The minimum atomic E-state index is -0.949. The molecule has 1 atom stereocenters. The lowest BCUT2D eigenvalue weighted by Gasteiger charge is -2.29. The summed E-state index contributed by atoms with van der Waals surface area (Å²) in [6, 6.07) is 11.4.